The number of anilines is 2. The van der Waals surface area contributed by atoms with Crippen molar-refractivity contribution in [1.82, 2.24) is 0 Å². The molecule has 0 radical (unpaired) electrons. The Balaban J connectivity index is 1.52. The van der Waals surface area contributed by atoms with Crippen LogP contribution in [0.5, 0.6) is 11.5 Å². The monoisotopic (exact) mass is 380 g/mol. The SMILES string of the molecule is Nc1cccc(C(=O)c2ccc(Oc3ccc(-c4ccccc4)cc3)c(N)c2)c1. The van der Waals surface area contributed by atoms with Crippen molar-refractivity contribution in [2.75, 3.05) is 11.5 Å². The fourth-order valence-electron chi connectivity index (χ4n) is 3.10. The van der Waals surface area contributed by atoms with Gasteiger partial charge in [-0.2, -0.15) is 0 Å². The van der Waals surface area contributed by atoms with Gasteiger partial charge in [-0.25, -0.2) is 0 Å². The number of ketones is 1. The van der Waals surface area contributed by atoms with Gasteiger partial charge in [-0.1, -0.05) is 54.6 Å². The summed E-state index contributed by atoms with van der Waals surface area (Å²) in [6, 6.07) is 29.8. The maximum Gasteiger partial charge on any atom is 0.193 e. The van der Waals surface area contributed by atoms with Crippen molar-refractivity contribution in [2.45, 2.75) is 0 Å². The number of nitrogen functional groups attached to an aromatic ring is 2. The summed E-state index contributed by atoms with van der Waals surface area (Å²) in [5.41, 5.74) is 16.1. The largest absolute Gasteiger partial charge is 0.455 e. The van der Waals surface area contributed by atoms with E-state index in [4.69, 9.17) is 16.2 Å². The van der Waals surface area contributed by atoms with E-state index in [9.17, 15) is 4.79 Å². The van der Waals surface area contributed by atoms with Crippen LogP contribution >= 0.6 is 0 Å². The third-order valence-corrected chi connectivity index (χ3v) is 4.61. The fourth-order valence-corrected chi connectivity index (χ4v) is 3.10. The number of nitrogens with two attached hydrogens (primary N) is 2. The molecule has 4 aromatic carbocycles. The zero-order valence-corrected chi connectivity index (χ0v) is 15.7. The van der Waals surface area contributed by atoms with Gasteiger partial charge in [-0.3, -0.25) is 4.79 Å². The van der Waals surface area contributed by atoms with Crippen molar-refractivity contribution >= 4 is 17.2 Å². The van der Waals surface area contributed by atoms with E-state index in [2.05, 4.69) is 12.1 Å². The number of hydrogen-bond acceptors (Lipinski definition) is 4. The third kappa shape index (κ3) is 4.12. The molecule has 0 bridgehead atoms. The molecule has 0 aliphatic carbocycles. The third-order valence-electron chi connectivity index (χ3n) is 4.61. The van der Waals surface area contributed by atoms with Crippen molar-refractivity contribution in [3.8, 4) is 22.6 Å². The molecule has 0 atom stereocenters. The maximum absolute atomic E-state index is 12.6. The number of ether oxygens (including phenoxy) is 1. The van der Waals surface area contributed by atoms with Gasteiger partial charge in [0.15, 0.2) is 5.78 Å². The Morgan fingerprint density at radius 2 is 1.34 bits per heavy atom. The van der Waals surface area contributed by atoms with Crippen LogP contribution in [0.2, 0.25) is 0 Å². The van der Waals surface area contributed by atoms with E-state index in [1.54, 1.807) is 42.5 Å². The maximum atomic E-state index is 12.6. The molecule has 0 aromatic heterocycles. The van der Waals surface area contributed by atoms with Crippen LogP contribution in [0.3, 0.4) is 0 Å². The minimum absolute atomic E-state index is 0.136. The summed E-state index contributed by atoms with van der Waals surface area (Å²) in [6.45, 7) is 0. The molecule has 0 heterocycles. The van der Waals surface area contributed by atoms with Gasteiger partial charge in [0.05, 0.1) is 5.69 Å². The molecule has 4 N–H and O–H groups in total. The molecule has 4 heteroatoms. The van der Waals surface area contributed by atoms with E-state index in [1.807, 2.05) is 42.5 Å². The fraction of sp³-hybridized carbons (Fsp3) is 0. The highest BCUT2D eigenvalue weighted by Gasteiger charge is 2.12. The quantitative estimate of drug-likeness (QED) is 0.352. The molecule has 0 unspecified atom stereocenters. The topological polar surface area (TPSA) is 78.3 Å². The molecule has 0 aliphatic heterocycles. The zero-order valence-electron chi connectivity index (χ0n) is 15.7. The molecule has 0 fully saturated rings. The molecule has 4 aromatic rings. The summed E-state index contributed by atoms with van der Waals surface area (Å²) in [5, 5.41) is 0. The standard InChI is InChI=1S/C25H20N2O2/c26-21-8-4-7-19(15-21)25(28)20-11-14-24(23(27)16-20)29-22-12-9-18(10-13-22)17-5-2-1-3-6-17/h1-16H,26-27H2. The van der Waals surface area contributed by atoms with Gasteiger partial charge >= 0.3 is 0 Å². The molecular formula is C25H20N2O2. The van der Waals surface area contributed by atoms with Crippen LogP contribution < -0.4 is 16.2 Å². The average molecular weight is 380 g/mol. The molecule has 4 nitrogen and oxygen atoms in total. The Morgan fingerprint density at radius 3 is 2.03 bits per heavy atom. The Kier molecular flexibility index (Phi) is 4.99. The second-order valence-corrected chi connectivity index (χ2v) is 6.70. The van der Waals surface area contributed by atoms with E-state index in [1.165, 1.54) is 0 Å². The minimum Gasteiger partial charge on any atom is -0.455 e. The summed E-state index contributed by atoms with van der Waals surface area (Å²) >= 11 is 0. The molecule has 0 spiro atoms. The Morgan fingerprint density at radius 1 is 0.655 bits per heavy atom. The molecule has 0 aliphatic rings. The summed E-state index contributed by atoms with van der Waals surface area (Å²) in [4.78, 5) is 12.6. The number of carbonyl (C=O) groups is 1. The summed E-state index contributed by atoms with van der Waals surface area (Å²) in [7, 11) is 0. The highest BCUT2D eigenvalue weighted by molar-refractivity contribution is 6.10. The molecule has 0 amide bonds. The van der Waals surface area contributed by atoms with Crippen LogP contribution in [-0.2, 0) is 0 Å². The van der Waals surface area contributed by atoms with Crippen molar-refractivity contribution in [2.24, 2.45) is 0 Å². The minimum atomic E-state index is -0.136. The first-order chi connectivity index (χ1) is 14.1. The summed E-state index contributed by atoms with van der Waals surface area (Å²) in [6.07, 6.45) is 0. The van der Waals surface area contributed by atoms with Crippen LogP contribution in [0.15, 0.2) is 97.1 Å². The second-order valence-electron chi connectivity index (χ2n) is 6.70. The van der Waals surface area contributed by atoms with Crippen molar-refractivity contribution in [3.63, 3.8) is 0 Å². The number of rotatable bonds is 5. The zero-order chi connectivity index (χ0) is 20.2. The molecular weight excluding hydrogens is 360 g/mol. The van der Waals surface area contributed by atoms with Gasteiger partial charge in [-0.05, 0) is 53.6 Å². The van der Waals surface area contributed by atoms with Gasteiger partial charge in [-0.15, -0.1) is 0 Å². The van der Waals surface area contributed by atoms with Crippen molar-refractivity contribution in [1.29, 1.82) is 0 Å². The van der Waals surface area contributed by atoms with Gasteiger partial charge in [0.1, 0.15) is 11.5 Å². The first-order valence-electron chi connectivity index (χ1n) is 9.23. The summed E-state index contributed by atoms with van der Waals surface area (Å²) < 4.78 is 5.90. The first kappa shape index (κ1) is 18.3. The smallest absolute Gasteiger partial charge is 0.193 e. The average Bonchev–Trinajstić information content (AvgIpc) is 2.76. The van der Waals surface area contributed by atoms with Crippen LogP contribution in [0, 0.1) is 0 Å². The molecule has 142 valence electrons. The highest BCUT2D eigenvalue weighted by Crippen LogP contribution is 2.30. The van der Waals surface area contributed by atoms with Crippen molar-refractivity contribution < 1.29 is 9.53 Å². The molecule has 4 rings (SSSR count). The van der Waals surface area contributed by atoms with Crippen LogP contribution in [-0.4, -0.2) is 5.78 Å². The van der Waals surface area contributed by atoms with Gasteiger partial charge in [0.2, 0.25) is 0 Å². The van der Waals surface area contributed by atoms with Gasteiger partial charge in [0, 0.05) is 16.8 Å². The van der Waals surface area contributed by atoms with E-state index in [0.29, 0.717) is 34.0 Å². The van der Waals surface area contributed by atoms with Gasteiger partial charge < -0.3 is 16.2 Å². The van der Waals surface area contributed by atoms with Crippen LogP contribution in [0.4, 0.5) is 11.4 Å². The van der Waals surface area contributed by atoms with Gasteiger partial charge in [0.25, 0.3) is 0 Å². The lowest BCUT2D eigenvalue weighted by Crippen LogP contribution is -2.03. The number of benzene rings is 4. The lowest BCUT2D eigenvalue weighted by atomic mass is 10.0. The normalized spacial score (nSPS) is 10.5. The lowest BCUT2D eigenvalue weighted by molar-refractivity contribution is 0.103. The first-order valence-corrected chi connectivity index (χ1v) is 9.23. The predicted octanol–water partition coefficient (Wildman–Crippen LogP) is 5.54. The molecule has 0 saturated heterocycles. The Hall–Kier alpha value is -4.05. The Bertz CT molecular complexity index is 1150. The van der Waals surface area contributed by atoms with E-state index < -0.39 is 0 Å². The highest BCUT2D eigenvalue weighted by atomic mass is 16.5. The van der Waals surface area contributed by atoms with Crippen LogP contribution in [0.25, 0.3) is 11.1 Å². The summed E-state index contributed by atoms with van der Waals surface area (Å²) in [5.74, 6) is 1.04. The second kappa shape index (κ2) is 7.90. The number of hydrogen-bond donors (Lipinski definition) is 2. The molecule has 0 saturated carbocycles. The Labute approximate surface area is 169 Å². The van der Waals surface area contributed by atoms with Crippen LogP contribution in [0.1, 0.15) is 15.9 Å². The van der Waals surface area contributed by atoms with E-state index in [0.717, 1.165) is 11.1 Å². The lowest BCUT2D eigenvalue weighted by Gasteiger charge is -2.11. The number of carbonyl (C=O) groups excluding carboxylic acids is 1. The van der Waals surface area contributed by atoms with E-state index in [-0.39, 0.29) is 5.78 Å². The van der Waals surface area contributed by atoms with E-state index >= 15 is 0 Å². The molecule has 29 heavy (non-hydrogen) atoms. The predicted molar refractivity (Wildman–Crippen MR) is 117 cm³/mol. The van der Waals surface area contributed by atoms with Crippen molar-refractivity contribution in [3.05, 3.63) is 108 Å².